The van der Waals surface area contributed by atoms with Gasteiger partial charge >= 0.3 is 0 Å². The van der Waals surface area contributed by atoms with Crippen LogP contribution in [0.15, 0.2) is 48.5 Å². The first kappa shape index (κ1) is 12.0. The Labute approximate surface area is 105 Å². The first-order valence-electron chi connectivity index (χ1n) is 5.53. The highest BCUT2D eigenvalue weighted by molar-refractivity contribution is 5.98. The Morgan fingerprint density at radius 2 is 1.83 bits per heavy atom. The Kier molecular flexibility index (Phi) is 3.48. The fraction of sp³-hybridized carbons (Fsp3) is 0.0714. The average molecular weight is 242 g/mol. The SMILES string of the molecule is NC(=O)c1ccc(OCc2ccccc2)cc1N. The summed E-state index contributed by atoms with van der Waals surface area (Å²) in [5.74, 6) is 0.0727. The van der Waals surface area contributed by atoms with Crippen LogP contribution in [0.3, 0.4) is 0 Å². The number of carbonyl (C=O) groups is 1. The first-order valence-corrected chi connectivity index (χ1v) is 5.53. The molecule has 0 saturated heterocycles. The average Bonchev–Trinajstić information content (AvgIpc) is 2.37. The molecule has 0 aliphatic rings. The van der Waals surface area contributed by atoms with Crippen LogP contribution in [0.2, 0.25) is 0 Å². The number of rotatable bonds is 4. The van der Waals surface area contributed by atoms with Crippen LogP contribution >= 0.6 is 0 Å². The Morgan fingerprint density at radius 3 is 2.44 bits per heavy atom. The van der Waals surface area contributed by atoms with Gasteiger partial charge in [0.05, 0.1) is 5.56 Å². The van der Waals surface area contributed by atoms with Gasteiger partial charge in [0.1, 0.15) is 12.4 Å². The lowest BCUT2D eigenvalue weighted by molar-refractivity contribution is 0.100. The molecule has 0 radical (unpaired) electrons. The van der Waals surface area contributed by atoms with Gasteiger partial charge in [-0.1, -0.05) is 30.3 Å². The van der Waals surface area contributed by atoms with E-state index in [1.807, 2.05) is 30.3 Å². The summed E-state index contributed by atoms with van der Waals surface area (Å²) in [4.78, 5) is 11.0. The van der Waals surface area contributed by atoms with Gasteiger partial charge in [0, 0.05) is 11.8 Å². The second-order valence-corrected chi connectivity index (χ2v) is 3.89. The van der Waals surface area contributed by atoms with E-state index in [4.69, 9.17) is 16.2 Å². The second-order valence-electron chi connectivity index (χ2n) is 3.89. The van der Waals surface area contributed by atoms with Crippen molar-refractivity contribution in [2.45, 2.75) is 6.61 Å². The number of ether oxygens (including phenoxy) is 1. The molecule has 0 aliphatic heterocycles. The second kappa shape index (κ2) is 5.23. The molecule has 1 amide bonds. The smallest absolute Gasteiger partial charge is 0.250 e. The van der Waals surface area contributed by atoms with Crippen LogP contribution in [0.4, 0.5) is 5.69 Å². The number of hydrogen-bond donors (Lipinski definition) is 2. The molecule has 0 heterocycles. The van der Waals surface area contributed by atoms with Gasteiger partial charge in [0.25, 0.3) is 5.91 Å². The van der Waals surface area contributed by atoms with Gasteiger partial charge in [-0.3, -0.25) is 4.79 Å². The number of primary amides is 1. The van der Waals surface area contributed by atoms with Gasteiger partial charge in [-0.05, 0) is 17.7 Å². The Balaban J connectivity index is 2.07. The maximum absolute atomic E-state index is 11.0. The third-order valence-electron chi connectivity index (χ3n) is 2.54. The molecule has 0 bridgehead atoms. The van der Waals surface area contributed by atoms with Crippen molar-refractivity contribution in [3.05, 3.63) is 59.7 Å². The van der Waals surface area contributed by atoms with Gasteiger partial charge in [-0.2, -0.15) is 0 Å². The van der Waals surface area contributed by atoms with Crippen molar-refractivity contribution < 1.29 is 9.53 Å². The molecule has 0 atom stereocenters. The number of hydrogen-bond acceptors (Lipinski definition) is 3. The third-order valence-corrected chi connectivity index (χ3v) is 2.54. The standard InChI is InChI=1S/C14H14N2O2/c15-13-8-11(6-7-12(13)14(16)17)18-9-10-4-2-1-3-5-10/h1-8H,9,15H2,(H2,16,17). The van der Waals surface area contributed by atoms with E-state index >= 15 is 0 Å². The summed E-state index contributed by atoms with van der Waals surface area (Å²) in [6.45, 7) is 0.455. The van der Waals surface area contributed by atoms with Crippen LogP contribution in [0, 0.1) is 0 Å². The van der Waals surface area contributed by atoms with Crippen LogP contribution in [0.25, 0.3) is 0 Å². The van der Waals surface area contributed by atoms with E-state index in [2.05, 4.69) is 0 Å². The summed E-state index contributed by atoms with van der Waals surface area (Å²) in [7, 11) is 0. The number of anilines is 1. The maximum atomic E-state index is 11.0. The summed E-state index contributed by atoms with van der Waals surface area (Å²) < 4.78 is 5.58. The molecular weight excluding hydrogens is 228 g/mol. The highest BCUT2D eigenvalue weighted by Gasteiger charge is 2.06. The zero-order valence-electron chi connectivity index (χ0n) is 9.80. The van der Waals surface area contributed by atoms with Gasteiger partial charge in [-0.15, -0.1) is 0 Å². The summed E-state index contributed by atoms with van der Waals surface area (Å²) in [5.41, 5.74) is 12.6. The topological polar surface area (TPSA) is 78.3 Å². The van der Waals surface area contributed by atoms with Crippen LogP contribution in [-0.4, -0.2) is 5.91 Å². The minimum atomic E-state index is -0.540. The van der Waals surface area contributed by atoms with E-state index in [-0.39, 0.29) is 0 Å². The first-order chi connectivity index (χ1) is 8.66. The van der Waals surface area contributed by atoms with Crippen molar-refractivity contribution in [3.8, 4) is 5.75 Å². The van der Waals surface area contributed by atoms with Gasteiger partial charge in [-0.25, -0.2) is 0 Å². The Morgan fingerprint density at radius 1 is 1.11 bits per heavy atom. The van der Waals surface area contributed by atoms with Crippen LogP contribution in [-0.2, 0) is 6.61 Å². The zero-order chi connectivity index (χ0) is 13.0. The minimum absolute atomic E-state index is 0.307. The molecule has 2 aromatic carbocycles. The number of benzene rings is 2. The largest absolute Gasteiger partial charge is 0.489 e. The predicted octanol–water partition coefficient (Wildman–Crippen LogP) is 1.95. The maximum Gasteiger partial charge on any atom is 0.250 e. The molecule has 4 N–H and O–H groups in total. The molecule has 0 saturated carbocycles. The van der Waals surface area contributed by atoms with E-state index in [0.29, 0.717) is 23.6 Å². The van der Waals surface area contributed by atoms with Gasteiger partial charge in [0.15, 0.2) is 0 Å². The molecule has 4 heteroatoms. The van der Waals surface area contributed by atoms with Crippen LogP contribution in [0.5, 0.6) is 5.75 Å². The molecule has 2 rings (SSSR count). The van der Waals surface area contributed by atoms with E-state index in [0.717, 1.165) is 5.56 Å². The summed E-state index contributed by atoms with van der Waals surface area (Å²) in [6.07, 6.45) is 0. The predicted molar refractivity (Wildman–Crippen MR) is 70.1 cm³/mol. The zero-order valence-corrected chi connectivity index (χ0v) is 9.80. The fourth-order valence-corrected chi connectivity index (χ4v) is 1.60. The molecule has 0 fully saturated rings. The van der Waals surface area contributed by atoms with Crippen molar-refractivity contribution in [1.82, 2.24) is 0 Å². The minimum Gasteiger partial charge on any atom is -0.489 e. The lowest BCUT2D eigenvalue weighted by Gasteiger charge is -2.08. The molecule has 0 spiro atoms. The molecule has 4 nitrogen and oxygen atoms in total. The molecule has 0 aromatic heterocycles. The summed E-state index contributed by atoms with van der Waals surface area (Å²) in [5, 5.41) is 0. The number of nitrogen functional groups attached to an aromatic ring is 1. The van der Waals surface area contributed by atoms with Crippen molar-refractivity contribution in [2.24, 2.45) is 5.73 Å². The molecule has 18 heavy (non-hydrogen) atoms. The van der Waals surface area contributed by atoms with E-state index in [1.165, 1.54) is 0 Å². The lowest BCUT2D eigenvalue weighted by Crippen LogP contribution is -2.13. The highest BCUT2D eigenvalue weighted by atomic mass is 16.5. The van der Waals surface area contributed by atoms with Gasteiger partial charge < -0.3 is 16.2 Å². The third kappa shape index (κ3) is 2.79. The molecule has 0 unspecified atom stereocenters. The fourth-order valence-electron chi connectivity index (χ4n) is 1.60. The molecule has 2 aromatic rings. The van der Waals surface area contributed by atoms with Crippen molar-refractivity contribution in [3.63, 3.8) is 0 Å². The normalized spacial score (nSPS) is 10.0. The highest BCUT2D eigenvalue weighted by Crippen LogP contribution is 2.20. The van der Waals surface area contributed by atoms with Gasteiger partial charge in [0.2, 0.25) is 0 Å². The monoisotopic (exact) mass is 242 g/mol. The summed E-state index contributed by atoms with van der Waals surface area (Å²) in [6, 6.07) is 14.6. The summed E-state index contributed by atoms with van der Waals surface area (Å²) >= 11 is 0. The lowest BCUT2D eigenvalue weighted by atomic mass is 10.1. The quantitative estimate of drug-likeness (QED) is 0.804. The number of carbonyl (C=O) groups excluding carboxylic acids is 1. The van der Waals surface area contributed by atoms with E-state index in [9.17, 15) is 4.79 Å². The number of nitrogens with two attached hydrogens (primary N) is 2. The Hall–Kier alpha value is -2.49. The van der Waals surface area contributed by atoms with Crippen molar-refractivity contribution in [1.29, 1.82) is 0 Å². The van der Waals surface area contributed by atoms with Crippen LogP contribution in [0.1, 0.15) is 15.9 Å². The Bertz CT molecular complexity index is 553. The van der Waals surface area contributed by atoms with E-state index in [1.54, 1.807) is 18.2 Å². The van der Waals surface area contributed by atoms with Crippen LogP contribution < -0.4 is 16.2 Å². The van der Waals surface area contributed by atoms with Crippen molar-refractivity contribution in [2.75, 3.05) is 5.73 Å². The molecular formula is C14H14N2O2. The van der Waals surface area contributed by atoms with Crippen molar-refractivity contribution >= 4 is 11.6 Å². The van der Waals surface area contributed by atoms with E-state index < -0.39 is 5.91 Å². The number of amides is 1. The molecule has 0 aliphatic carbocycles. The molecule has 92 valence electrons.